The number of ether oxygens (including phenoxy) is 3. The molecule has 186 valence electrons. The molecule has 0 aromatic rings. The summed E-state index contributed by atoms with van der Waals surface area (Å²) in [5, 5.41) is 81.5. The third-order valence-electron chi connectivity index (χ3n) is 5.44. The summed E-state index contributed by atoms with van der Waals surface area (Å²) >= 11 is 0. The van der Waals surface area contributed by atoms with Gasteiger partial charge in [0.2, 0.25) is 5.91 Å². The molecule has 2 aliphatic heterocycles. The number of hydrogen-bond acceptors (Lipinski definition) is 13. The van der Waals surface area contributed by atoms with Crippen molar-refractivity contribution in [2.45, 2.75) is 80.2 Å². The molecule has 1 amide bonds. The molecule has 4 unspecified atom stereocenters. The van der Waals surface area contributed by atoms with E-state index in [1.54, 1.807) is 0 Å². The van der Waals surface area contributed by atoms with Gasteiger partial charge in [-0.15, -0.1) is 0 Å². The van der Waals surface area contributed by atoms with Crippen LogP contribution >= 0.6 is 0 Å². The zero-order valence-electron chi connectivity index (χ0n) is 17.1. The second-order valence-electron chi connectivity index (χ2n) is 7.81. The van der Waals surface area contributed by atoms with Gasteiger partial charge in [-0.3, -0.25) is 4.79 Å². The summed E-state index contributed by atoms with van der Waals surface area (Å²) in [4.78, 5) is 23.5. The van der Waals surface area contributed by atoms with Crippen LogP contribution in [-0.2, 0) is 23.8 Å². The number of nitrogens with two attached hydrogens (primary N) is 1. The molecule has 2 fully saturated rings. The molecule has 0 aliphatic carbocycles. The van der Waals surface area contributed by atoms with Gasteiger partial charge in [-0.25, -0.2) is 4.79 Å². The molecule has 0 bridgehead atoms. The lowest BCUT2D eigenvalue weighted by Gasteiger charge is -2.47. The van der Waals surface area contributed by atoms with E-state index in [2.05, 4.69) is 5.32 Å². The maximum atomic E-state index is 12.0. The van der Waals surface area contributed by atoms with Crippen molar-refractivity contribution in [3.05, 3.63) is 0 Å². The standard InChI is InChI=1S/C17H30N2O13/c1-5(21)19-10-6(22)2-17(16(28)29,32-14(10)11(24)7(23)3-20)30-4-8-12(25)13(26)9(18)15(27)31-8/h6-15,20,22-27H,2-4,18H2,1H3,(H,19,21)(H,28,29)/t6-,7-,8?,9?,10-,11-,12+,13?,14?,15+,17-/m1/s1. The fourth-order valence-electron chi connectivity index (χ4n) is 3.60. The SMILES string of the molecule is CC(=O)N[C@H]1C([C@H](O)[C@H](O)CO)O[C@@](OCC2O[C@H](O)C(N)C(O)[C@H]2O)(C(=O)O)C[C@H]1O. The van der Waals surface area contributed by atoms with E-state index in [1.807, 2.05) is 0 Å². The third kappa shape index (κ3) is 5.52. The lowest BCUT2D eigenvalue weighted by atomic mass is 9.88. The molecule has 0 saturated carbocycles. The average molecular weight is 470 g/mol. The van der Waals surface area contributed by atoms with Crippen LogP contribution in [0.3, 0.4) is 0 Å². The number of aliphatic hydroxyl groups is 7. The molecule has 2 aliphatic rings. The minimum atomic E-state index is -2.66. The molecule has 15 nitrogen and oxygen atoms in total. The van der Waals surface area contributed by atoms with Crippen molar-refractivity contribution >= 4 is 11.9 Å². The summed E-state index contributed by atoms with van der Waals surface area (Å²) in [7, 11) is 0. The summed E-state index contributed by atoms with van der Waals surface area (Å²) < 4.78 is 15.7. The fourth-order valence-corrected chi connectivity index (χ4v) is 3.60. The molecular formula is C17H30N2O13. The Hall–Kier alpha value is -1.50. The van der Waals surface area contributed by atoms with E-state index >= 15 is 0 Å². The largest absolute Gasteiger partial charge is 0.477 e. The van der Waals surface area contributed by atoms with Crippen molar-refractivity contribution in [3.8, 4) is 0 Å². The monoisotopic (exact) mass is 470 g/mol. The van der Waals surface area contributed by atoms with E-state index in [9.17, 15) is 45.3 Å². The van der Waals surface area contributed by atoms with Gasteiger partial charge in [0.25, 0.3) is 5.79 Å². The summed E-state index contributed by atoms with van der Waals surface area (Å²) in [5.74, 6) is -5.08. The van der Waals surface area contributed by atoms with Gasteiger partial charge in [0.15, 0.2) is 6.29 Å². The number of carbonyl (C=O) groups excluding carboxylic acids is 1. The number of rotatable bonds is 8. The molecular weight excluding hydrogens is 440 g/mol. The van der Waals surface area contributed by atoms with Crippen molar-refractivity contribution in [2.75, 3.05) is 13.2 Å². The summed E-state index contributed by atoms with van der Waals surface area (Å²) in [6.07, 6.45) is -14.4. The number of carbonyl (C=O) groups is 2. The molecule has 2 heterocycles. The smallest absolute Gasteiger partial charge is 0.364 e. The summed E-state index contributed by atoms with van der Waals surface area (Å²) in [5.41, 5.74) is 5.47. The van der Waals surface area contributed by atoms with Gasteiger partial charge in [0, 0.05) is 13.3 Å². The molecule has 0 radical (unpaired) electrons. The first kappa shape index (κ1) is 26.7. The van der Waals surface area contributed by atoms with E-state index in [-0.39, 0.29) is 0 Å². The van der Waals surface area contributed by atoms with E-state index in [4.69, 9.17) is 25.1 Å². The van der Waals surface area contributed by atoms with Crippen molar-refractivity contribution in [1.82, 2.24) is 5.32 Å². The Balaban J connectivity index is 2.27. The predicted molar refractivity (Wildman–Crippen MR) is 99.4 cm³/mol. The molecule has 2 saturated heterocycles. The van der Waals surface area contributed by atoms with Crippen LogP contribution in [0.2, 0.25) is 0 Å². The van der Waals surface area contributed by atoms with Gasteiger partial charge >= 0.3 is 5.97 Å². The molecule has 32 heavy (non-hydrogen) atoms. The molecule has 2 rings (SSSR count). The predicted octanol–water partition coefficient (Wildman–Crippen LogP) is -6.08. The van der Waals surface area contributed by atoms with Crippen molar-refractivity contribution in [3.63, 3.8) is 0 Å². The van der Waals surface area contributed by atoms with Crippen LogP contribution in [0.4, 0.5) is 0 Å². The van der Waals surface area contributed by atoms with Crippen LogP contribution in [-0.4, -0.2) is 133 Å². The van der Waals surface area contributed by atoms with Crippen molar-refractivity contribution < 1.29 is 64.7 Å². The van der Waals surface area contributed by atoms with Crippen molar-refractivity contribution in [2.24, 2.45) is 5.73 Å². The van der Waals surface area contributed by atoms with Gasteiger partial charge in [-0.1, -0.05) is 0 Å². The number of hydrogen-bond donors (Lipinski definition) is 10. The Labute approximate surface area is 181 Å². The van der Waals surface area contributed by atoms with Crippen LogP contribution in [0.1, 0.15) is 13.3 Å². The van der Waals surface area contributed by atoms with Crippen LogP contribution in [0.5, 0.6) is 0 Å². The molecule has 0 spiro atoms. The number of aliphatic carboxylic acids is 1. The first-order valence-electron chi connectivity index (χ1n) is 9.77. The van der Waals surface area contributed by atoms with Gasteiger partial charge in [-0.05, 0) is 0 Å². The summed E-state index contributed by atoms with van der Waals surface area (Å²) in [6, 6.07) is -2.71. The van der Waals surface area contributed by atoms with Crippen LogP contribution in [0, 0.1) is 0 Å². The Bertz CT molecular complexity index is 668. The van der Waals surface area contributed by atoms with Gasteiger partial charge in [0.1, 0.15) is 36.6 Å². The topological polar surface area (TPSA) is 262 Å². The normalized spacial score (nSPS) is 42.2. The lowest BCUT2D eigenvalue weighted by Crippen LogP contribution is -2.68. The zero-order valence-corrected chi connectivity index (χ0v) is 17.1. The van der Waals surface area contributed by atoms with E-state index in [0.717, 1.165) is 6.92 Å². The highest BCUT2D eigenvalue weighted by Crippen LogP contribution is 2.34. The Morgan fingerprint density at radius 1 is 1.22 bits per heavy atom. The van der Waals surface area contributed by atoms with Gasteiger partial charge < -0.3 is 66.1 Å². The minimum absolute atomic E-state index is 0.657. The second-order valence-corrected chi connectivity index (χ2v) is 7.81. The molecule has 11 atom stereocenters. The molecule has 0 aromatic heterocycles. The average Bonchev–Trinajstić information content (AvgIpc) is 2.73. The fraction of sp³-hybridized carbons (Fsp3) is 0.882. The first-order valence-corrected chi connectivity index (χ1v) is 9.77. The van der Waals surface area contributed by atoms with Gasteiger partial charge in [0.05, 0.1) is 31.4 Å². The molecule has 0 aromatic carbocycles. The highest BCUT2D eigenvalue weighted by molar-refractivity contribution is 5.76. The van der Waals surface area contributed by atoms with E-state index in [1.165, 1.54) is 0 Å². The number of nitrogens with one attached hydrogen (secondary N) is 1. The highest BCUT2D eigenvalue weighted by Gasteiger charge is 2.56. The first-order chi connectivity index (χ1) is 14.8. The molecule has 11 N–H and O–H groups in total. The van der Waals surface area contributed by atoms with Gasteiger partial charge in [-0.2, -0.15) is 0 Å². The Morgan fingerprint density at radius 3 is 2.38 bits per heavy atom. The zero-order chi connectivity index (χ0) is 24.4. The maximum absolute atomic E-state index is 12.0. The quantitative estimate of drug-likeness (QED) is 0.158. The van der Waals surface area contributed by atoms with Crippen molar-refractivity contribution in [1.29, 1.82) is 0 Å². The maximum Gasteiger partial charge on any atom is 0.364 e. The lowest BCUT2D eigenvalue weighted by molar-refractivity contribution is -0.327. The number of carboxylic acid groups (broad SMARTS) is 1. The highest BCUT2D eigenvalue weighted by atomic mass is 16.7. The summed E-state index contributed by atoms with van der Waals surface area (Å²) in [6.45, 7) is -0.614. The second kappa shape index (κ2) is 10.6. The van der Waals surface area contributed by atoms with Crippen LogP contribution in [0.25, 0.3) is 0 Å². The van der Waals surface area contributed by atoms with Crippen LogP contribution < -0.4 is 11.1 Å². The molecule has 15 heteroatoms. The third-order valence-corrected chi connectivity index (χ3v) is 5.44. The minimum Gasteiger partial charge on any atom is -0.477 e. The number of carboxylic acids is 1. The Morgan fingerprint density at radius 2 is 1.84 bits per heavy atom. The van der Waals surface area contributed by atoms with E-state index in [0.29, 0.717) is 0 Å². The Kier molecular flexibility index (Phi) is 8.88. The van der Waals surface area contributed by atoms with Crippen LogP contribution in [0.15, 0.2) is 0 Å². The van der Waals surface area contributed by atoms with E-state index < -0.39 is 98.4 Å². The number of aliphatic hydroxyl groups excluding tert-OH is 7. The number of amides is 1.